The van der Waals surface area contributed by atoms with E-state index < -0.39 is 0 Å². The smallest absolute Gasteiger partial charge is 0.234 e. The number of hydrogen-bond acceptors (Lipinski definition) is 3. The molecule has 0 bridgehead atoms. The van der Waals surface area contributed by atoms with Crippen LogP contribution >= 0.6 is 0 Å². The molecular weight excluding hydrogens is 312 g/mol. The zero-order chi connectivity index (χ0) is 17.1. The average Bonchev–Trinajstić information content (AvgIpc) is 3.54. The Morgan fingerprint density at radius 1 is 1.12 bits per heavy atom. The first-order valence-electron chi connectivity index (χ1n) is 9.95. The van der Waals surface area contributed by atoms with E-state index >= 15 is 0 Å². The van der Waals surface area contributed by atoms with Crippen molar-refractivity contribution in [2.24, 2.45) is 11.8 Å². The molecule has 2 aliphatic carbocycles. The summed E-state index contributed by atoms with van der Waals surface area (Å²) in [6.07, 6.45) is 7.72. The number of benzene rings is 1. The topological polar surface area (TPSA) is 41.6 Å². The maximum absolute atomic E-state index is 12.7. The first kappa shape index (κ1) is 17.0. The molecule has 1 unspecified atom stereocenters. The quantitative estimate of drug-likeness (QED) is 0.750. The lowest BCUT2D eigenvalue weighted by atomic mass is 10.1. The highest BCUT2D eigenvalue weighted by Gasteiger charge is 2.42. The maximum Gasteiger partial charge on any atom is 0.234 e. The molecule has 4 heteroatoms. The van der Waals surface area contributed by atoms with E-state index in [-0.39, 0.29) is 12.0 Å². The summed E-state index contributed by atoms with van der Waals surface area (Å²) < 4.78 is 5.81. The van der Waals surface area contributed by atoms with E-state index in [2.05, 4.69) is 34.5 Å². The monoisotopic (exact) mass is 342 g/mol. The van der Waals surface area contributed by atoms with Crippen LogP contribution in [0.2, 0.25) is 0 Å². The van der Waals surface area contributed by atoms with Gasteiger partial charge in [0.25, 0.3) is 0 Å². The molecule has 3 fully saturated rings. The predicted molar refractivity (Wildman–Crippen MR) is 98.1 cm³/mol. The second kappa shape index (κ2) is 7.88. The van der Waals surface area contributed by atoms with Crippen molar-refractivity contribution in [2.45, 2.75) is 57.2 Å². The van der Waals surface area contributed by atoms with Crippen molar-refractivity contribution in [2.75, 3.05) is 19.7 Å². The van der Waals surface area contributed by atoms with Crippen LogP contribution < -0.4 is 5.32 Å². The Balaban J connectivity index is 1.35. The van der Waals surface area contributed by atoms with Gasteiger partial charge < -0.3 is 10.1 Å². The highest BCUT2D eigenvalue weighted by molar-refractivity contribution is 5.78. The third kappa shape index (κ3) is 5.05. The molecule has 1 atom stereocenters. The molecule has 25 heavy (non-hydrogen) atoms. The van der Waals surface area contributed by atoms with Gasteiger partial charge in [-0.25, -0.2) is 0 Å². The van der Waals surface area contributed by atoms with Crippen molar-refractivity contribution in [1.82, 2.24) is 10.2 Å². The van der Waals surface area contributed by atoms with Crippen molar-refractivity contribution in [3.63, 3.8) is 0 Å². The Kier molecular flexibility index (Phi) is 5.37. The number of nitrogens with zero attached hydrogens (tertiary/aromatic N) is 1. The molecule has 136 valence electrons. The van der Waals surface area contributed by atoms with Crippen LogP contribution in [-0.4, -0.2) is 42.6 Å². The third-order valence-corrected chi connectivity index (χ3v) is 5.69. The SMILES string of the molecule is O=C(CN(Cc1ccccc1)CC1CCCO1)NC(C1CC1)C1CC1. The minimum Gasteiger partial charge on any atom is -0.377 e. The highest BCUT2D eigenvalue weighted by atomic mass is 16.5. The van der Waals surface area contributed by atoms with Crippen LogP contribution in [0.15, 0.2) is 30.3 Å². The molecule has 3 aliphatic rings. The van der Waals surface area contributed by atoms with Crippen LogP contribution in [0, 0.1) is 11.8 Å². The standard InChI is InChI=1S/C21H30N2O2/c24-20(22-21(17-8-9-17)18-10-11-18)15-23(14-19-7-4-12-25-19)13-16-5-2-1-3-6-16/h1-3,5-6,17-19,21H,4,7-15H2,(H,22,24). The van der Waals surface area contributed by atoms with Gasteiger partial charge in [0, 0.05) is 25.7 Å². The van der Waals surface area contributed by atoms with Crippen LogP contribution in [0.1, 0.15) is 44.1 Å². The molecule has 1 amide bonds. The number of nitrogens with one attached hydrogen (secondary N) is 1. The normalized spacial score (nSPS) is 23.4. The van der Waals surface area contributed by atoms with E-state index in [1.165, 1.54) is 31.2 Å². The average molecular weight is 342 g/mol. The summed E-state index contributed by atoms with van der Waals surface area (Å²) in [5.41, 5.74) is 1.26. The minimum atomic E-state index is 0.192. The molecule has 1 heterocycles. The largest absolute Gasteiger partial charge is 0.377 e. The van der Waals surface area contributed by atoms with Gasteiger partial charge in [-0.1, -0.05) is 30.3 Å². The second-order valence-electron chi connectivity index (χ2n) is 8.06. The summed E-state index contributed by atoms with van der Waals surface area (Å²) in [5.74, 6) is 1.69. The van der Waals surface area contributed by atoms with Gasteiger partial charge in [-0.15, -0.1) is 0 Å². The molecule has 1 aromatic rings. The van der Waals surface area contributed by atoms with Crippen LogP contribution in [0.25, 0.3) is 0 Å². The van der Waals surface area contributed by atoms with Crippen LogP contribution in [0.3, 0.4) is 0 Å². The molecule has 2 saturated carbocycles. The summed E-state index contributed by atoms with van der Waals surface area (Å²) in [6.45, 7) is 3.00. The van der Waals surface area contributed by atoms with Crippen molar-refractivity contribution < 1.29 is 9.53 Å². The molecule has 1 saturated heterocycles. The fraction of sp³-hybridized carbons (Fsp3) is 0.667. The minimum absolute atomic E-state index is 0.192. The summed E-state index contributed by atoms with van der Waals surface area (Å²) in [5, 5.41) is 3.36. The zero-order valence-corrected chi connectivity index (χ0v) is 15.0. The van der Waals surface area contributed by atoms with Crippen LogP contribution in [0.5, 0.6) is 0 Å². The molecule has 1 N–H and O–H groups in total. The van der Waals surface area contributed by atoms with E-state index in [1.54, 1.807) is 0 Å². The number of carbonyl (C=O) groups is 1. The second-order valence-corrected chi connectivity index (χ2v) is 8.06. The van der Waals surface area contributed by atoms with E-state index in [0.717, 1.165) is 44.4 Å². The molecule has 1 aliphatic heterocycles. The molecule has 0 aromatic heterocycles. The first-order valence-corrected chi connectivity index (χ1v) is 9.95. The first-order chi connectivity index (χ1) is 12.3. The molecule has 0 radical (unpaired) electrons. The molecule has 4 rings (SSSR count). The lowest BCUT2D eigenvalue weighted by molar-refractivity contribution is -0.123. The van der Waals surface area contributed by atoms with Gasteiger partial charge in [0.2, 0.25) is 5.91 Å². The van der Waals surface area contributed by atoms with Gasteiger partial charge in [-0.3, -0.25) is 9.69 Å². The van der Waals surface area contributed by atoms with Gasteiger partial charge in [0.05, 0.1) is 12.6 Å². The number of amides is 1. The Bertz CT molecular complexity index is 551. The summed E-state index contributed by atoms with van der Waals surface area (Å²) in [4.78, 5) is 15.0. The van der Waals surface area contributed by atoms with Gasteiger partial charge >= 0.3 is 0 Å². The van der Waals surface area contributed by atoms with Crippen LogP contribution in [0.4, 0.5) is 0 Å². The van der Waals surface area contributed by atoms with Gasteiger partial charge in [-0.05, 0) is 55.9 Å². The molecule has 1 aromatic carbocycles. The zero-order valence-electron chi connectivity index (χ0n) is 15.0. The number of hydrogen-bond donors (Lipinski definition) is 1. The maximum atomic E-state index is 12.7. The Labute approximate surface area is 150 Å². The molecule has 0 spiro atoms. The highest BCUT2D eigenvalue weighted by Crippen LogP contribution is 2.44. The fourth-order valence-electron chi connectivity index (χ4n) is 4.07. The summed E-state index contributed by atoms with van der Waals surface area (Å²) in [7, 11) is 0. The third-order valence-electron chi connectivity index (χ3n) is 5.69. The Hall–Kier alpha value is -1.39. The van der Waals surface area contributed by atoms with E-state index in [9.17, 15) is 4.79 Å². The van der Waals surface area contributed by atoms with Crippen molar-refractivity contribution in [1.29, 1.82) is 0 Å². The van der Waals surface area contributed by atoms with Crippen molar-refractivity contribution >= 4 is 5.91 Å². The van der Waals surface area contributed by atoms with Gasteiger partial charge in [0.15, 0.2) is 0 Å². The Morgan fingerprint density at radius 2 is 1.84 bits per heavy atom. The predicted octanol–water partition coefficient (Wildman–Crippen LogP) is 2.97. The summed E-state index contributed by atoms with van der Waals surface area (Å²) >= 11 is 0. The number of rotatable bonds is 9. The van der Waals surface area contributed by atoms with Crippen molar-refractivity contribution in [3.8, 4) is 0 Å². The van der Waals surface area contributed by atoms with E-state index in [0.29, 0.717) is 12.6 Å². The number of carbonyl (C=O) groups excluding carboxylic acids is 1. The van der Waals surface area contributed by atoms with Crippen molar-refractivity contribution in [3.05, 3.63) is 35.9 Å². The summed E-state index contributed by atoms with van der Waals surface area (Å²) in [6, 6.07) is 10.9. The van der Waals surface area contributed by atoms with Crippen LogP contribution in [-0.2, 0) is 16.1 Å². The lowest BCUT2D eigenvalue weighted by Crippen LogP contribution is -2.45. The molecule has 4 nitrogen and oxygen atoms in total. The lowest BCUT2D eigenvalue weighted by Gasteiger charge is -2.26. The number of ether oxygens (including phenoxy) is 1. The van der Waals surface area contributed by atoms with Gasteiger partial charge in [0.1, 0.15) is 0 Å². The van der Waals surface area contributed by atoms with E-state index in [4.69, 9.17) is 4.74 Å². The van der Waals surface area contributed by atoms with Gasteiger partial charge in [-0.2, -0.15) is 0 Å². The fourth-order valence-corrected chi connectivity index (χ4v) is 4.07. The van der Waals surface area contributed by atoms with E-state index in [1.807, 2.05) is 6.07 Å². The Morgan fingerprint density at radius 3 is 2.44 bits per heavy atom. The molecular formula is C21H30N2O2.